The van der Waals surface area contributed by atoms with E-state index >= 15 is 0 Å². The zero-order valence-electron chi connectivity index (χ0n) is 11.7. The fourth-order valence-electron chi connectivity index (χ4n) is 3.17. The average molecular weight is 282 g/mol. The third-order valence-electron chi connectivity index (χ3n) is 3.99. The molecule has 3 heteroatoms. The quantitative estimate of drug-likeness (QED) is 0.828. The molecule has 0 spiro atoms. The highest BCUT2D eigenvalue weighted by atomic mass is 32.2. The summed E-state index contributed by atoms with van der Waals surface area (Å²) >= 11 is 1.62. The molecular weight excluding hydrogens is 259 g/mol. The van der Waals surface area contributed by atoms with E-state index < -0.39 is 0 Å². The van der Waals surface area contributed by atoms with Gasteiger partial charge in [-0.1, -0.05) is 13.8 Å². The second-order valence-corrected chi connectivity index (χ2v) is 7.10. The van der Waals surface area contributed by atoms with Gasteiger partial charge in [0.05, 0.1) is 6.10 Å². The fourth-order valence-corrected chi connectivity index (χ4v) is 4.14. The highest BCUT2D eigenvalue weighted by Gasteiger charge is 2.28. The van der Waals surface area contributed by atoms with Gasteiger partial charge in [-0.15, -0.1) is 11.8 Å². The number of aliphatic hydroxyl groups is 1. The van der Waals surface area contributed by atoms with Crippen LogP contribution in [0, 0.1) is 23.6 Å². The highest BCUT2D eigenvalue weighted by molar-refractivity contribution is 7.99. The van der Waals surface area contributed by atoms with Crippen LogP contribution < -0.4 is 0 Å². The lowest BCUT2D eigenvalue weighted by molar-refractivity contribution is 0.0723. The summed E-state index contributed by atoms with van der Waals surface area (Å²) in [5, 5.41) is 10.3. The Labute approximate surface area is 119 Å². The molecule has 0 amide bonds. The summed E-state index contributed by atoms with van der Waals surface area (Å²) in [5.74, 6) is 2.36. The molecule has 1 aromatic rings. The first-order chi connectivity index (χ1) is 9.04. The van der Waals surface area contributed by atoms with E-state index in [1.807, 2.05) is 0 Å². The van der Waals surface area contributed by atoms with Crippen LogP contribution in [0.4, 0.5) is 4.39 Å². The molecule has 106 valence electrons. The Bertz CT molecular complexity index is 382. The van der Waals surface area contributed by atoms with Gasteiger partial charge in [-0.25, -0.2) is 4.39 Å². The molecule has 0 saturated heterocycles. The lowest BCUT2D eigenvalue weighted by Crippen LogP contribution is -2.30. The fraction of sp³-hybridized carbons (Fsp3) is 0.625. The molecule has 1 saturated carbocycles. The Morgan fingerprint density at radius 3 is 2.32 bits per heavy atom. The molecule has 3 unspecified atom stereocenters. The van der Waals surface area contributed by atoms with Crippen molar-refractivity contribution in [3.63, 3.8) is 0 Å². The van der Waals surface area contributed by atoms with Crippen LogP contribution in [0.15, 0.2) is 29.2 Å². The first-order valence-electron chi connectivity index (χ1n) is 7.11. The summed E-state index contributed by atoms with van der Waals surface area (Å²) in [6, 6.07) is 6.50. The van der Waals surface area contributed by atoms with Gasteiger partial charge in [0, 0.05) is 10.6 Å². The van der Waals surface area contributed by atoms with Crippen LogP contribution in [0.3, 0.4) is 0 Å². The summed E-state index contributed by atoms with van der Waals surface area (Å²) in [7, 11) is 0. The van der Waals surface area contributed by atoms with E-state index in [1.54, 1.807) is 23.9 Å². The molecule has 19 heavy (non-hydrogen) atoms. The zero-order chi connectivity index (χ0) is 13.8. The molecule has 0 radical (unpaired) electrons. The molecule has 1 N–H and O–H groups in total. The van der Waals surface area contributed by atoms with E-state index in [-0.39, 0.29) is 11.9 Å². The minimum absolute atomic E-state index is 0.208. The van der Waals surface area contributed by atoms with Crippen molar-refractivity contribution in [2.45, 2.75) is 44.1 Å². The second-order valence-electron chi connectivity index (χ2n) is 6.01. The Morgan fingerprint density at radius 1 is 1.16 bits per heavy atom. The number of hydrogen-bond acceptors (Lipinski definition) is 2. The van der Waals surface area contributed by atoms with Crippen LogP contribution in [0.5, 0.6) is 0 Å². The number of benzene rings is 1. The van der Waals surface area contributed by atoms with Crippen LogP contribution in [-0.2, 0) is 0 Å². The van der Waals surface area contributed by atoms with Gasteiger partial charge in [-0.2, -0.15) is 0 Å². The Kier molecular flexibility index (Phi) is 5.28. The summed E-state index contributed by atoms with van der Waals surface area (Å²) in [4.78, 5) is 1.03. The van der Waals surface area contributed by atoms with Crippen LogP contribution in [0.2, 0.25) is 0 Å². The van der Waals surface area contributed by atoms with Crippen molar-refractivity contribution in [1.82, 2.24) is 0 Å². The van der Waals surface area contributed by atoms with Crippen LogP contribution in [0.25, 0.3) is 0 Å². The first kappa shape index (κ1) is 14.9. The van der Waals surface area contributed by atoms with Gasteiger partial charge >= 0.3 is 0 Å². The second kappa shape index (κ2) is 6.76. The molecule has 1 aromatic carbocycles. The van der Waals surface area contributed by atoms with Crippen LogP contribution in [-0.4, -0.2) is 17.0 Å². The van der Waals surface area contributed by atoms with Crippen molar-refractivity contribution in [2.24, 2.45) is 17.8 Å². The zero-order valence-corrected chi connectivity index (χ0v) is 12.5. The van der Waals surface area contributed by atoms with Gasteiger partial charge in [0.1, 0.15) is 5.82 Å². The van der Waals surface area contributed by atoms with E-state index in [2.05, 4.69) is 13.8 Å². The standard InChI is InChI=1S/C16H23FOS/c1-11-7-12(2)9-13(8-11)16(18)10-19-15-5-3-14(17)4-6-15/h3-6,11-13,16,18H,7-10H2,1-2H3. The van der Waals surface area contributed by atoms with Gasteiger partial charge < -0.3 is 5.11 Å². The molecule has 3 atom stereocenters. The highest BCUT2D eigenvalue weighted by Crippen LogP contribution is 2.36. The van der Waals surface area contributed by atoms with Gasteiger partial charge in [-0.05, 0) is 61.3 Å². The number of rotatable bonds is 4. The Hall–Kier alpha value is -0.540. The summed E-state index contributed by atoms with van der Waals surface area (Å²) < 4.78 is 12.8. The molecule has 2 rings (SSSR count). The summed E-state index contributed by atoms with van der Waals surface area (Å²) in [5.41, 5.74) is 0. The van der Waals surface area contributed by atoms with Crippen LogP contribution in [0.1, 0.15) is 33.1 Å². The lowest BCUT2D eigenvalue weighted by Gasteiger charge is -2.34. The van der Waals surface area contributed by atoms with Crippen molar-refractivity contribution in [3.05, 3.63) is 30.1 Å². The number of halogens is 1. The summed E-state index contributed by atoms with van der Waals surface area (Å²) in [6.07, 6.45) is 3.31. The molecule has 1 aliphatic rings. The average Bonchev–Trinajstić information content (AvgIpc) is 2.36. The molecule has 0 heterocycles. The smallest absolute Gasteiger partial charge is 0.123 e. The maximum absolute atomic E-state index is 12.8. The number of hydrogen-bond donors (Lipinski definition) is 1. The van der Waals surface area contributed by atoms with E-state index in [0.29, 0.717) is 11.7 Å². The SMILES string of the molecule is CC1CC(C)CC(C(O)CSc2ccc(F)cc2)C1. The lowest BCUT2D eigenvalue weighted by atomic mass is 9.75. The van der Waals surface area contributed by atoms with Crippen LogP contribution >= 0.6 is 11.8 Å². The molecular formula is C16H23FOS. The minimum Gasteiger partial charge on any atom is -0.392 e. The van der Waals surface area contributed by atoms with E-state index in [0.717, 1.165) is 29.6 Å². The summed E-state index contributed by atoms with van der Waals surface area (Å²) in [6.45, 7) is 4.56. The van der Waals surface area contributed by atoms with Gasteiger partial charge in [0.25, 0.3) is 0 Å². The van der Waals surface area contributed by atoms with E-state index in [1.165, 1.54) is 18.6 Å². The molecule has 1 nitrogen and oxygen atoms in total. The largest absolute Gasteiger partial charge is 0.392 e. The molecule has 0 aromatic heterocycles. The third kappa shape index (κ3) is 4.50. The maximum Gasteiger partial charge on any atom is 0.123 e. The van der Waals surface area contributed by atoms with Gasteiger partial charge in [0.2, 0.25) is 0 Å². The van der Waals surface area contributed by atoms with E-state index in [4.69, 9.17) is 0 Å². The van der Waals surface area contributed by atoms with Gasteiger partial charge in [-0.3, -0.25) is 0 Å². The van der Waals surface area contributed by atoms with Crippen molar-refractivity contribution in [3.8, 4) is 0 Å². The third-order valence-corrected chi connectivity index (χ3v) is 5.11. The first-order valence-corrected chi connectivity index (χ1v) is 8.09. The predicted octanol–water partition coefficient (Wildman–Crippen LogP) is 4.35. The van der Waals surface area contributed by atoms with Gasteiger partial charge in [0.15, 0.2) is 0 Å². The topological polar surface area (TPSA) is 20.2 Å². The monoisotopic (exact) mass is 282 g/mol. The Morgan fingerprint density at radius 2 is 1.74 bits per heavy atom. The molecule has 0 aliphatic heterocycles. The van der Waals surface area contributed by atoms with Crippen molar-refractivity contribution < 1.29 is 9.50 Å². The van der Waals surface area contributed by atoms with E-state index in [9.17, 15) is 9.50 Å². The maximum atomic E-state index is 12.8. The number of thioether (sulfide) groups is 1. The normalized spacial score (nSPS) is 29.2. The van der Waals surface area contributed by atoms with Crippen molar-refractivity contribution in [2.75, 3.05) is 5.75 Å². The minimum atomic E-state index is -0.250. The number of aliphatic hydroxyl groups excluding tert-OH is 1. The molecule has 1 aliphatic carbocycles. The molecule has 1 fully saturated rings. The Balaban J connectivity index is 1.83. The van der Waals surface area contributed by atoms with Crippen molar-refractivity contribution >= 4 is 11.8 Å². The molecule has 0 bridgehead atoms. The predicted molar refractivity (Wildman–Crippen MR) is 78.8 cm³/mol. The van der Waals surface area contributed by atoms with Crippen molar-refractivity contribution in [1.29, 1.82) is 0 Å².